The Hall–Kier alpha value is -4.50. The van der Waals surface area contributed by atoms with Gasteiger partial charge in [0.1, 0.15) is 17.1 Å². The number of rotatable bonds is 18. The van der Waals surface area contributed by atoms with Crippen LogP contribution in [0.1, 0.15) is 131 Å². The third-order valence-electron chi connectivity index (χ3n) is 13.0. The molecule has 62 heavy (non-hydrogen) atoms. The van der Waals surface area contributed by atoms with Crippen molar-refractivity contribution in [3.05, 3.63) is 99.3 Å². The fourth-order valence-electron chi connectivity index (χ4n) is 9.00. The molecule has 0 bridgehead atoms. The lowest BCUT2D eigenvalue weighted by molar-refractivity contribution is -0.137. The molecule has 0 aliphatic carbocycles. The number of unbranched alkanes of at least 4 members (excludes halogenated alkanes) is 4. The van der Waals surface area contributed by atoms with Gasteiger partial charge in [-0.15, -0.1) is 0 Å². The van der Waals surface area contributed by atoms with Gasteiger partial charge in [0.25, 0.3) is 20.2 Å². The summed E-state index contributed by atoms with van der Waals surface area (Å²) in [7, 11) is -8.93. The number of nitrogens with zero attached hydrogens (tertiary/aromatic N) is 2. The van der Waals surface area contributed by atoms with Gasteiger partial charge in [-0.05, 0) is 155 Å². The summed E-state index contributed by atoms with van der Waals surface area (Å²) < 4.78 is 75.4. The number of ether oxygens (including phenoxy) is 1. The van der Waals surface area contributed by atoms with E-state index in [0.717, 1.165) is 89.0 Å². The van der Waals surface area contributed by atoms with Crippen LogP contribution in [0.5, 0.6) is 11.5 Å². The molecular weight excluding hydrogens is 829 g/mol. The van der Waals surface area contributed by atoms with Gasteiger partial charge in [0.2, 0.25) is 0 Å². The molecule has 3 aromatic rings. The number of carboxylic acid groups (broad SMARTS) is 1. The molecule has 14 heteroatoms. The second kappa shape index (κ2) is 18.7. The first-order valence-electron chi connectivity index (χ1n) is 21.4. The smallest absolute Gasteiger partial charge is 0.303 e. The largest absolute Gasteiger partial charge is 0.507 e. The standard InChI is InChI=1S/C48H64N2O10S2/c1-31-20-21-35(61(54,55)56)29-38(31)46(5,6)41(49-27-14-11-13-25-48(9)26-24-37-34(4)44(53)32(2)33(3)45(37)60-48)17-16-18-42-47(7,8)39-30-36(62(57,58)59)22-23-40(39)50(42)28-15-10-12-19-43(51)52/h16-18,20-23,29-30,53H,10-15,19,24-28H2,1-9H3,(H,51,52)(H,54,55,56)(H,57,58,59)/b17-16+,42-18+,49-41?. The van der Waals surface area contributed by atoms with Crippen molar-refractivity contribution in [1.29, 1.82) is 0 Å². The molecule has 2 aliphatic rings. The van der Waals surface area contributed by atoms with Gasteiger partial charge >= 0.3 is 5.97 Å². The summed E-state index contributed by atoms with van der Waals surface area (Å²) in [4.78, 5) is 18.0. The number of hydrogen-bond donors (Lipinski definition) is 4. The van der Waals surface area contributed by atoms with Crippen molar-refractivity contribution in [3.8, 4) is 11.5 Å². The second-order valence-corrected chi connectivity index (χ2v) is 21.1. The SMILES string of the molecule is Cc1ccc(S(=O)(=O)O)cc1C(C)(C)C(/C=C/C=C1/N(CCCCCC(=O)O)c2ccc(S(=O)(=O)O)cc2C1(C)C)=NCCCCCC1(C)CCc2c(C)c(O)c(C)c(C)c2O1. The summed E-state index contributed by atoms with van der Waals surface area (Å²) in [6.07, 6.45) is 12.9. The molecule has 2 aliphatic heterocycles. The Balaban J connectivity index is 1.42. The summed E-state index contributed by atoms with van der Waals surface area (Å²) in [6.45, 7) is 18.9. The molecule has 1 unspecified atom stereocenters. The number of phenolic OH excluding ortho intramolecular Hbond substituents is 1. The Kier molecular flexibility index (Phi) is 14.6. The monoisotopic (exact) mass is 892 g/mol. The first kappa shape index (κ1) is 48.5. The van der Waals surface area contributed by atoms with Crippen molar-refractivity contribution in [2.75, 3.05) is 18.0 Å². The number of carboxylic acids is 1. The Labute approximate surface area is 368 Å². The molecule has 0 saturated heterocycles. The van der Waals surface area contributed by atoms with Crippen LogP contribution in [0, 0.1) is 27.7 Å². The van der Waals surface area contributed by atoms with Gasteiger partial charge in [-0.1, -0.05) is 52.7 Å². The maximum atomic E-state index is 12.3. The molecule has 0 radical (unpaired) electrons. The number of aliphatic imine (C=N–C) groups is 1. The van der Waals surface area contributed by atoms with E-state index in [1.807, 2.05) is 73.6 Å². The zero-order valence-electron chi connectivity index (χ0n) is 37.6. The number of aryl methyl sites for hydroxylation is 1. The molecule has 0 amide bonds. The lowest BCUT2D eigenvalue weighted by Crippen LogP contribution is -2.37. The molecule has 2 heterocycles. The van der Waals surface area contributed by atoms with E-state index in [4.69, 9.17) is 14.8 Å². The van der Waals surface area contributed by atoms with E-state index >= 15 is 0 Å². The van der Waals surface area contributed by atoms with Crippen LogP contribution in [0.15, 0.2) is 75.1 Å². The summed E-state index contributed by atoms with van der Waals surface area (Å²) in [5.41, 5.74) is 6.58. The fourth-order valence-corrected chi connectivity index (χ4v) is 10.0. The molecule has 0 fully saturated rings. The lowest BCUT2D eigenvalue weighted by atomic mass is 9.77. The summed E-state index contributed by atoms with van der Waals surface area (Å²) in [5, 5.41) is 19.8. The van der Waals surface area contributed by atoms with Gasteiger partial charge in [0, 0.05) is 53.0 Å². The van der Waals surface area contributed by atoms with Crippen molar-refractivity contribution < 1.29 is 45.7 Å². The van der Waals surface area contributed by atoms with Crippen molar-refractivity contribution in [1.82, 2.24) is 0 Å². The molecule has 1 atom stereocenters. The Morgan fingerprint density at radius 2 is 1.52 bits per heavy atom. The minimum atomic E-state index is -4.47. The summed E-state index contributed by atoms with van der Waals surface area (Å²) in [6, 6.07) is 9.13. The molecular formula is C48H64N2O10S2. The molecule has 338 valence electrons. The van der Waals surface area contributed by atoms with E-state index < -0.39 is 37.0 Å². The summed E-state index contributed by atoms with van der Waals surface area (Å²) >= 11 is 0. The molecule has 0 spiro atoms. The Morgan fingerprint density at radius 1 is 0.871 bits per heavy atom. The highest BCUT2D eigenvalue weighted by Crippen LogP contribution is 2.49. The van der Waals surface area contributed by atoms with Gasteiger partial charge < -0.3 is 19.8 Å². The van der Waals surface area contributed by atoms with Gasteiger partial charge in [-0.3, -0.25) is 18.9 Å². The normalized spacial score (nSPS) is 18.6. The van der Waals surface area contributed by atoms with Crippen molar-refractivity contribution in [3.63, 3.8) is 0 Å². The van der Waals surface area contributed by atoms with E-state index in [1.54, 1.807) is 12.1 Å². The number of hydrogen-bond acceptors (Lipinski definition) is 9. The van der Waals surface area contributed by atoms with E-state index in [-0.39, 0.29) is 21.8 Å². The number of phenols is 1. The zero-order chi connectivity index (χ0) is 46.0. The lowest BCUT2D eigenvalue weighted by Gasteiger charge is -2.38. The van der Waals surface area contributed by atoms with Gasteiger partial charge in [-0.2, -0.15) is 16.8 Å². The highest BCUT2D eigenvalue weighted by Gasteiger charge is 2.41. The average Bonchev–Trinajstić information content (AvgIpc) is 3.39. The number of carbonyl (C=O) groups is 1. The van der Waals surface area contributed by atoms with E-state index in [1.165, 1.54) is 24.3 Å². The molecule has 4 N–H and O–H groups in total. The van der Waals surface area contributed by atoms with Crippen molar-refractivity contribution in [2.24, 2.45) is 4.99 Å². The summed E-state index contributed by atoms with van der Waals surface area (Å²) in [5.74, 6) is 0.391. The highest BCUT2D eigenvalue weighted by molar-refractivity contribution is 7.86. The minimum Gasteiger partial charge on any atom is -0.507 e. The number of fused-ring (bicyclic) bond motifs is 2. The highest BCUT2D eigenvalue weighted by atomic mass is 32.2. The van der Waals surface area contributed by atoms with Gasteiger partial charge in [0.15, 0.2) is 0 Å². The van der Waals surface area contributed by atoms with Crippen LogP contribution in [0.3, 0.4) is 0 Å². The number of anilines is 1. The first-order valence-corrected chi connectivity index (χ1v) is 24.3. The van der Waals surface area contributed by atoms with Gasteiger partial charge in [0.05, 0.1) is 9.79 Å². The number of aliphatic carboxylic acids is 1. The van der Waals surface area contributed by atoms with Crippen LogP contribution >= 0.6 is 0 Å². The number of aromatic hydroxyl groups is 1. The first-order chi connectivity index (χ1) is 28.8. The van der Waals surface area contributed by atoms with Crippen LogP contribution in [-0.2, 0) is 42.3 Å². The third kappa shape index (κ3) is 10.6. The number of allylic oxidation sites excluding steroid dienone is 4. The predicted octanol–water partition coefficient (Wildman–Crippen LogP) is 10.1. The molecule has 3 aromatic carbocycles. The maximum Gasteiger partial charge on any atom is 0.303 e. The molecule has 0 saturated carbocycles. The molecule has 5 rings (SSSR count). The third-order valence-corrected chi connectivity index (χ3v) is 14.7. The molecule has 12 nitrogen and oxygen atoms in total. The van der Waals surface area contributed by atoms with E-state index in [2.05, 4.69) is 11.8 Å². The minimum absolute atomic E-state index is 0.0739. The number of benzene rings is 3. The average molecular weight is 893 g/mol. The van der Waals surface area contributed by atoms with E-state index in [9.17, 15) is 35.8 Å². The van der Waals surface area contributed by atoms with Crippen LogP contribution in [0.4, 0.5) is 5.69 Å². The van der Waals surface area contributed by atoms with Crippen LogP contribution in [0.2, 0.25) is 0 Å². The predicted molar refractivity (Wildman–Crippen MR) is 244 cm³/mol. The van der Waals surface area contributed by atoms with E-state index in [0.29, 0.717) is 49.4 Å². The molecule has 0 aromatic heterocycles. The Morgan fingerprint density at radius 3 is 2.18 bits per heavy atom. The zero-order valence-corrected chi connectivity index (χ0v) is 39.3. The van der Waals surface area contributed by atoms with Crippen LogP contribution < -0.4 is 9.64 Å². The van der Waals surface area contributed by atoms with Crippen molar-refractivity contribution in [2.45, 2.75) is 153 Å². The maximum absolute atomic E-state index is 12.3. The topological polar surface area (TPSA) is 191 Å². The fraction of sp³-hybridized carbons (Fsp3) is 0.500. The van der Waals surface area contributed by atoms with Crippen molar-refractivity contribution >= 4 is 37.6 Å². The van der Waals surface area contributed by atoms with Gasteiger partial charge in [-0.25, -0.2) is 0 Å². The van der Waals surface area contributed by atoms with Crippen LogP contribution in [-0.4, -0.2) is 66.5 Å². The quantitative estimate of drug-likeness (QED) is 0.0540. The Bertz CT molecular complexity index is 2520. The van der Waals surface area contributed by atoms with Crippen LogP contribution in [0.25, 0.3) is 0 Å². The second-order valence-electron chi connectivity index (χ2n) is 18.3.